The molecule has 2 rings (SSSR count). The molecule has 0 atom stereocenters. The van der Waals surface area contributed by atoms with Gasteiger partial charge in [-0.25, -0.2) is 25.9 Å². The molecule has 6 nitrogen and oxygen atoms in total. The molecule has 0 radical (unpaired) electrons. The maximum Gasteiger partial charge on any atom is 0.218 e. The Morgan fingerprint density at radius 1 is 1.09 bits per heavy atom. The molecular weight excluding hydrogens is 324 g/mol. The van der Waals surface area contributed by atoms with Crippen LogP contribution in [-0.4, -0.2) is 46.0 Å². The van der Waals surface area contributed by atoms with E-state index in [0.29, 0.717) is 25.9 Å². The number of nitrogens with one attached hydrogen (secondary N) is 1. The summed E-state index contributed by atoms with van der Waals surface area (Å²) in [6, 6.07) is 8.89. The summed E-state index contributed by atoms with van der Waals surface area (Å²) in [6.07, 6.45) is 1.01. The number of hydrogen-bond donors (Lipinski definition) is 1. The van der Waals surface area contributed by atoms with Crippen LogP contribution in [0.1, 0.15) is 25.3 Å². The molecule has 0 unspecified atom stereocenters. The van der Waals surface area contributed by atoms with Gasteiger partial charge in [0.05, 0.1) is 11.5 Å². The van der Waals surface area contributed by atoms with Crippen molar-refractivity contribution in [2.45, 2.75) is 31.6 Å². The van der Waals surface area contributed by atoms with Gasteiger partial charge in [-0.1, -0.05) is 30.3 Å². The van der Waals surface area contributed by atoms with Crippen LogP contribution in [0.15, 0.2) is 30.3 Å². The predicted molar refractivity (Wildman–Crippen MR) is 86.3 cm³/mol. The van der Waals surface area contributed by atoms with E-state index in [1.165, 1.54) is 4.31 Å². The first-order valence-electron chi connectivity index (χ1n) is 7.34. The monoisotopic (exact) mass is 346 g/mol. The van der Waals surface area contributed by atoms with Crippen LogP contribution in [0.5, 0.6) is 0 Å². The zero-order valence-corrected chi connectivity index (χ0v) is 14.2. The lowest BCUT2D eigenvalue weighted by molar-refractivity contribution is 0.308. The first kappa shape index (κ1) is 17.4. The van der Waals surface area contributed by atoms with Crippen molar-refractivity contribution in [3.8, 4) is 0 Å². The second kappa shape index (κ2) is 7.08. The molecule has 1 aromatic carbocycles. The van der Waals surface area contributed by atoms with Crippen molar-refractivity contribution < 1.29 is 16.8 Å². The van der Waals surface area contributed by atoms with Crippen LogP contribution >= 0.6 is 0 Å². The second-order valence-corrected chi connectivity index (χ2v) is 9.45. The van der Waals surface area contributed by atoms with Crippen molar-refractivity contribution in [2.24, 2.45) is 0 Å². The normalized spacial score (nSPS) is 18.4. The highest BCUT2D eigenvalue weighted by Crippen LogP contribution is 2.18. The summed E-state index contributed by atoms with van der Waals surface area (Å²) < 4.78 is 51.9. The van der Waals surface area contributed by atoms with E-state index in [-0.39, 0.29) is 17.5 Å². The van der Waals surface area contributed by atoms with Crippen LogP contribution in [0.4, 0.5) is 0 Å². The number of nitrogens with zero attached hydrogens (tertiary/aromatic N) is 1. The van der Waals surface area contributed by atoms with Crippen molar-refractivity contribution in [3.05, 3.63) is 35.9 Å². The highest BCUT2D eigenvalue weighted by molar-refractivity contribution is 7.89. The molecule has 0 saturated carbocycles. The van der Waals surface area contributed by atoms with Gasteiger partial charge in [0.2, 0.25) is 20.0 Å². The smallest absolute Gasteiger partial charge is 0.212 e. The minimum Gasteiger partial charge on any atom is -0.212 e. The molecule has 0 aromatic heterocycles. The number of benzene rings is 1. The van der Waals surface area contributed by atoms with E-state index >= 15 is 0 Å². The van der Waals surface area contributed by atoms with Crippen LogP contribution in [0.3, 0.4) is 0 Å². The molecule has 0 amide bonds. The molecule has 0 aliphatic carbocycles. The number of rotatable bonds is 6. The van der Waals surface area contributed by atoms with Gasteiger partial charge in [0, 0.05) is 19.1 Å². The average Bonchev–Trinajstić information content (AvgIpc) is 2.48. The fourth-order valence-electron chi connectivity index (χ4n) is 2.47. The lowest BCUT2D eigenvalue weighted by Crippen LogP contribution is -2.47. The predicted octanol–water partition coefficient (Wildman–Crippen LogP) is 0.920. The lowest BCUT2D eigenvalue weighted by atomic mass is 10.1. The third-order valence-corrected chi connectivity index (χ3v) is 7.07. The van der Waals surface area contributed by atoms with Gasteiger partial charge in [-0.2, -0.15) is 0 Å². The second-order valence-electron chi connectivity index (χ2n) is 5.44. The van der Waals surface area contributed by atoms with E-state index in [9.17, 15) is 16.8 Å². The van der Waals surface area contributed by atoms with Crippen molar-refractivity contribution >= 4 is 20.0 Å². The molecule has 1 aromatic rings. The van der Waals surface area contributed by atoms with Crippen molar-refractivity contribution in [1.29, 1.82) is 0 Å². The standard InChI is InChI=1S/C14H22N2O4S2/c1-2-21(17,18)15-14-8-10-16(11-9-14)22(19,20)12-13-6-4-3-5-7-13/h3-7,14-15H,2,8-12H2,1H3. The summed E-state index contributed by atoms with van der Waals surface area (Å²) in [5.74, 6) is 0.0265. The highest BCUT2D eigenvalue weighted by Gasteiger charge is 2.29. The zero-order chi connectivity index (χ0) is 16.2. The van der Waals surface area contributed by atoms with Crippen molar-refractivity contribution in [2.75, 3.05) is 18.8 Å². The fourth-order valence-corrected chi connectivity index (χ4v) is 4.94. The van der Waals surface area contributed by atoms with Gasteiger partial charge < -0.3 is 0 Å². The Labute approximate surface area is 132 Å². The average molecular weight is 346 g/mol. The molecule has 0 bridgehead atoms. The molecule has 1 heterocycles. The third kappa shape index (κ3) is 4.77. The molecule has 1 aliphatic heterocycles. The number of piperidine rings is 1. The first-order valence-corrected chi connectivity index (χ1v) is 10.6. The molecule has 1 N–H and O–H groups in total. The molecule has 0 spiro atoms. The van der Waals surface area contributed by atoms with Gasteiger partial charge >= 0.3 is 0 Å². The van der Waals surface area contributed by atoms with Gasteiger partial charge in [-0.15, -0.1) is 0 Å². The maximum absolute atomic E-state index is 12.4. The third-order valence-electron chi connectivity index (χ3n) is 3.77. The minimum atomic E-state index is -3.35. The van der Waals surface area contributed by atoms with E-state index in [1.54, 1.807) is 19.1 Å². The first-order chi connectivity index (χ1) is 10.3. The molecule has 124 valence electrons. The van der Waals surface area contributed by atoms with E-state index in [4.69, 9.17) is 0 Å². The van der Waals surface area contributed by atoms with Gasteiger partial charge in [0.25, 0.3) is 0 Å². The van der Waals surface area contributed by atoms with Crippen LogP contribution in [0, 0.1) is 0 Å². The molecule has 1 saturated heterocycles. The Morgan fingerprint density at radius 2 is 1.68 bits per heavy atom. The summed E-state index contributed by atoms with van der Waals surface area (Å²) in [5.41, 5.74) is 0.760. The number of hydrogen-bond acceptors (Lipinski definition) is 4. The summed E-state index contributed by atoms with van der Waals surface area (Å²) >= 11 is 0. The highest BCUT2D eigenvalue weighted by atomic mass is 32.2. The SMILES string of the molecule is CCS(=O)(=O)NC1CCN(S(=O)(=O)Cc2ccccc2)CC1. The van der Waals surface area contributed by atoms with Gasteiger partial charge in [0.15, 0.2) is 0 Å². The Bertz CT molecular complexity index is 679. The summed E-state index contributed by atoms with van der Waals surface area (Å²) in [4.78, 5) is 0. The molecule has 22 heavy (non-hydrogen) atoms. The van der Waals surface area contributed by atoms with Crippen LogP contribution in [-0.2, 0) is 25.8 Å². The minimum absolute atomic E-state index is 0.0147. The van der Waals surface area contributed by atoms with E-state index in [2.05, 4.69) is 4.72 Å². The Hall–Kier alpha value is -0.960. The Morgan fingerprint density at radius 3 is 2.23 bits per heavy atom. The summed E-state index contributed by atoms with van der Waals surface area (Å²) in [7, 11) is -6.59. The van der Waals surface area contributed by atoms with Crippen LogP contribution < -0.4 is 4.72 Å². The quantitative estimate of drug-likeness (QED) is 0.830. The summed E-state index contributed by atoms with van der Waals surface area (Å²) in [6.45, 7) is 2.29. The van der Waals surface area contributed by atoms with Gasteiger partial charge in [0.1, 0.15) is 0 Å². The number of sulfonamides is 2. The zero-order valence-electron chi connectivity index (χ0n) is 12.6. The van der Waals surface area contributed by atoms with Crippen LogP contribution in [0.25, 0.3) is 0 Å². The topological polar surface area (TPSA) is 83.6 Å². The summed E-state index contributed by atoms with van der Waals surface area (Å²) in [5, 5.41) is 0. The maximum atomic E-state index is 12.4. The molecule has 8 heteroatoms. The van der Waals surface area contributed by atoms with E-state index in [0.717, 1.165) is 5.56 Å². The Balaban J connectivity index is 1.93. The largest absolute Gasteiger partial charge is 0.218 e. The van der Waals surface area contributed by atoms with Crippen molar-refractivity contribution in [3.63, 3.8) is 0 Å². The van der Waals surface area contributed by atoms with E-state index < -0.39 is 20.0 Å². The van der Waals surface area contributed by atoms with Gasteiger partial charge in [-0.3, -0.25) is 0 Å². The fraction of sp³-hybridized carbons (Fsp3) is 0.571. The van der Waals surface area contributed by atoms with Gasteiger partial charge in [-0.05, 0) is 25.3 Å². The molecule has 1 aliphatic rings. The van der Waals surface area contributed by atoms with E-state index in [1.807, 2.05) is 18.2 Å². The molecular formula is C14H22N2O4S2. The van der Waals surface area contributed by atoms with Crippen LogP contribution in [0.2, 0.25) is 0 Å². The van der Waals surface area contributed by atoms with Crippen molar-refractivity contribution in [1.82, 2.24) is 9.03 Å². The lowest BCUT2D eigenvalue weighted by Gasteiger charge is -2.31. The molecule has 1 fully saturated rings. The Kier molecular flexibility index (Phi) is 5.60.